The molecule has 0 N–H and O–H groups in total. The van der Waals surface area contributed by atoms with E-state index in [1.165, 1.54) is 6.21 Å². The Morgan fingerprint density at radius 2 is 2.31 bits per heavy atom. The molecule has 0 fully saturated rings. The molecular formula is C9H13NO2S. The highest BCUT2D eigenvalue weighted by atomic mass is 32.2. The van der Waals surface area contributed by atoms with E-state index < -0.39 is 10.0 Å². The smallest absolute Gasteiger partial charge is 0.205 e. The summed E-state index contributed by atoms with van der Waals surface area (Å²) in [4.78, 5) is 0. The lowest BCUT2D eigenvalue weighted by Crippen LogP contribution is -1.97. The van der Waals surface area contributed by atoms with Crippen LogP contribution in [0.15, 0.2) is 28.2 Å². The summed E-state index contributed by atoms with van der Waals surface area (Å²) in [5.74, 6) is 0.537. The van der Waals surface area contributed by atoms with Crippen molar-refractivity contribution in [3.63, 3.8) is 0 Å². The summed E-state index contributed by atoms with van der Waals surface area (Å²) in [5.41, 5.74) is 0.864. The van der Waals surface area contributed by atoms with Crippen LogP contribution in [0.25, 0.3) is 0 Å². The molecule has 0 aliphatic heterocycles. The van der Waals surface area contributed by atoms with Gasteiger partial charge in [-0.05, 0) is 17.9 Å². The van der Waals surface area contributed by atoms with Gasteiger partial charge >= 0.3 is 0 Å². The first-order valence-corrected chi connectivity index (χ1v) is 5.96. The minimum atomic E-state index is -3.24. The molecule has 1 unspecified atom stereocenters. The van der Waals surface area contributed by atoms with E-state index in [0.29, 0.717) is 5.92 Å². The van der Waals surface area contributed by atoms with E-state index in [9.17, 15) is 8.42 Å². The highest BCUT2D eigenvalue weighted by Crippen LogP contribution is 2.14. The Bertz CT molecular complexity index is 363. The molecule has 1 aliphatic carbocycles. The molecule has 0 heterocycles. The third-order valence-corrected chi connectivity index (χ3v) is 2.22. The molecule has 0 saturated carbocycles. The van der Waals surface area contributed by atoms with Gasteiger partial charge in [0.05, 0.1) is 6.26 Å². The molecule has 4 heteroatoms. The second-order valence-corrected chi connectivity index (χ2v) is 4.92. The third-order valence-electron chi connectivity index (χ3n) is 1.74. The van der Waals surface area contributed by atoms with Crippen molar-refractivity contribution in [1.29, 1.82) is 0 Å². The summed E-state index contributed by atoms with van der Waals surface area (Å²) in [7, 11) is -3.24. The van der Waals surface area contributed by atoms with Crippen LogP contribution < -0.4 is 0 Å². The Morgan fingerprint density at radius 1 is 1.62 bits per heavy atom. The summed E-state index contributed by atoms with van der Waals surface area (Å²) in [6.45, 7) is 2.11. The van der Waals surface area contributed by atoms with Gasteiger partial charge in [0.1, 0.15) is 0 Å². The average Bonchev–Trinajstić information content (AvgIpc) is 2.02. The van der Waals surface area contributed by atoms with E-state index in [1.807, 2.05) is 18.2 Å². The van der Waals surface area contributed by atoms with E-state index in [1.54, 1.807) is 0 Å². The quantitative estimate of drug-likeness (QED) is 0.633. The van der Waals surface area contributed by atoms with Crippen molar-refractivity contribution in [3.05, 3.63) is 23.8 Å². The van der Waals surface area contributed by atoms with Crippen LogP contribution in [0.3, 0.4) is 0 Å². The molecule has 0 aromatic carbocycles. The molecule has 0 bridgehead atoms. The van der Waals surface area contributed by atoms with Gasteiger partial charge in [-0.25, -0.2) is 8.42 Å². The number of nitrogens with zero attached hydrogens (tertiary/aromatic N) is 1. The van der Waals surface area contributed by atoms with Crippen LogP contribution in [0.2, 0.25) is 0 Å². The van der Waals surface area contributed by atoms with Gasteiger partial charge < -0.3 is 0 Å². The highest BCUT2D eigenvalue weighted by molar-refractivity contribution is 7.89. The standard InChI is InChI=1S/C9H13NO2S/c1-8-3-5-9(6-4-8)7-10-13(2,11)12/h3,5-8H,4H2,1-2H3. The number of hydrogen-bond acceptors (Lipinski definition) is 2. The molecule has 1 atom stereocenters. The Morgan fingerprint density at radius 3 is 2.77 bits per heavy atom. The minimum Gasteiger partial charge on any atom is -0.205 e. The number of rotatable bonds is 2. The van der Waals surface area contributed by atoms with Crippen LogP contribution in [0.5, 0.6) is 0 Å². The molecule has 0 aromatic heterocycles. The van der Waals surface area contributed by atoms with Gasteiger partial charge in [-0.15, -0.1) is 0 Å². The van der Waals surface area contributed by atoms with E-state index in [4.69, 9.17) is 0 Å². The summed E-state index contributed by atoms with van der Waals surface area (Å²) in [6, 6.07) is 0. The molecule has 3 nitrogen and oxygen atoms in total. The first-order valence-electron chi connectivity index (χ1n) is 4.11. The van der Waals surface area contributed by atoms with E-state index in [2.05, 4.69) is 11.3 Å². The van der Waals surface area contributed by atoms with Crippen molar-refractivity contribution in [2.24, 2.45) is 10.3 Å². The van der Waals surface area contributed by atoms with Crippen molar-refractivity contribution in [1.82, 2.24) is 0 Å². The fourth-order valence-electron chi connectivity index (χ4n) is 0.996. The van der Waals surface area contributed by atoms with Crippen LogP contribution in [-0.4, -0.2) is 20.9 Å². The van der Waals surface area contributed by atoms with Gasteiger partial charge in [0.25, 0.3) is 0 Å². The SMILES string of the molecule is CC1C=CC(C=NS(C)(=O)=O)=CC1. The Hall–Kier alpha value is -0.900. The van der Waals surface area contributed by atoms with Gasteiger partial charge in [-0.2, -0.15) is 4.40 Å². The molecular weight excluding hydrogens is 186 g/mol. The predicted octanol–water partition coefficient (Wildman–Crippen LogP) is 1.54. The number of allylic oxidation sites excluding steroid dienone is 4. The van der Waals surface area contributed by atoms with Gasteiger partial charge in [0.2, 0.25) is 10.0 Å². The van der Waals surface area contributed by atoms with Gasteiger partial charge in [0.15, 0.2) is 0 Å². The lowest BCUT2D eigenvalue weighted by Gasteiger charge is -2.07. The van der Waals surface area contributed by atoms with Crippen LogP contribution in [0.4, 0.5) is 0 Å². The number of sulfonamides is 1. The molecule has 0 radical (unpaired) electrons. The van der Waals surface area contributed by atoms with Crippen molar-refractivity contribution in [3.8, 4) is 0 Å². The van der Waals surface area contributed by atoms with Crippen LogP contribution in [-0.2, 0) is 10.0 Å². The molecule has 0 saturated heterocycles. The summed E-state index contributed by atoms with van der Waals surface area (Å²) >= 11 is 0. The van der Waals surface area contributed by atoms with Gasteiger partial charge in [-0.1, -0.05) is 25.2 Å². The normalized spacial score (nSPS) is 23.5. The molecule has 0 amide bonds. The van der Waals surface area contributed by atoms with Crippen molar-refractivity contribution in [2.75, 3.05) is 6.26 Å². The molecule has 0 aromatic rings. The summed E-state index contributed by atoms with van der Waals surface area (Å²) in [5, 5.41) is 0. The highest BCUT2D eigenvalue weighted by Gasteiger charge is 2.02. The molecule has 1 aliphatic rings. The number of hydrogen-bond donors (Lipinski definition) is 0. The average molecular weight is 199 g/mol. The first kappa shape index (κ1) is 10.2. The molecule has 72 valence electrons. The molecule has 1 rings (SSSR count). The zero-order valence-corrected chi connectivity index (χ0v) is 8.58. The van der Waals surface area contributed by atoms with Gasteiger partial charge in [0, 0.05) is 6.21 Å². The first-order chi connectivity index (χ1) is 5.97. The van der Waals surface area contributed by atoms with E-state index >= 15 is 0 Å². The monoisotopic (exact) mass is 199 g/mol. The second kappa shape index (κ2) is 3.87. The minimum absolute atomic E-state index is 0.537. The Kier molecular flexibility index (Phi) is 3.03. The maximum atomic E-state index is 10.7. The van der Waals surface area contributed by atoms with Crippen LogP contribution in [0, 0.1) is 5.92 Å². The fraction of sp³-hybridized carbons (Fsp3) is 0.444. The fourth-order valence-corrected chi connectivity index (χ4v) is 1.31. The van der Waals surface area contributed by atoms with Crippen molar-refractivity contribution >= 4 is 16.2 Å². The Balaban J connectivity index is 2.68. The lowest BCUT2D eigenvalue weighted by molar-refractivity contribution is 0.604. The maximum Gasteiger partial charge on any atom is 0.250 e. The van der Waals surface area contributed by atoms with E-state index in [-0.39, 0.29) is 0 Å². The van der Waals surface area contributed by atoms with Gasteiger partial charge in [-0.3, -0.25) is 0 Å². The Labute approximate surface area is 78.9 Å². The summed E-state index contributed by atoms with van der Waals surface area (Å²) < 4.78 is 24.8. The summed E-state index contributed by atoms with van der Waals surface area (Å²) in [6.07, 6.45) is 9.34. The zero-order valence-electron chi connectivity index (χ0n) is 7.77. The topological polar surface area (TPSA) is 46.5 Å². The predicted molar refractivity (Wildman–Crippen MR) is 54.3 cm³/mol. The zero-order chi connectivity index (χ0) is 9.90. The third kappa shape index (κ3) is 4.03. The van der Waals surface area contributed by atoms with Crippen LogP contribution >= 0.6 is 0 Å². The second-order valence-electron chi connectivity index (χ2n) is 3.24. The van der Waals surface area contributed by atoms with Crippen molar-refractivity contribution in [2.45, 2.75) is 13.3 Å². The maximum absolute atomic E-state index is 10.7. The van der Waals surface area contributed by atoms with Crippen molar-refractivity contribution < 1.29 is 8.42 Å². The molecule has 13 heavy (non-hydrogen) atoms. The van der Waals surface area contributed by atoms with E-state index in [0.717, 1.165) is 18.2 Å². The molecule has 0 spiro atoms. The lowest BCUT2D eigenvalue weighted by atomic mass is 9.99. The van der Waals surface area contributed by atoms with Crippen LogP contribution in [0.1, 0.15) is 13.3 Å². The largest absolute Gasteiger partial charge is 0.250 e.